The molecule has 1 fully saturated rings. The second kappa shape index (κ2) is 5.90. The van der Waals surface area contributed by atoms with E-state index in [1.54, 1.807) is 12.0 Å². The molecule has 4 N–H and O–H groups in total. The minimum absolute atomic E-state index is 0.209. The first-order valence-corrected chi connectivity index (χ1v) is 5.35. The maximum Gasteiger partial charge on any atom is 0.320 e. The molecule has 7 nitrogen and oxygen atoms in total. The minimum atomic E-state index is -0.963. The van der Waals surface area contributed by atoms with Gasteiger partial charge in [-0.2, -0.15) is 0 Å². The number of carboxylic acids is 1. The molecule has 0 radical (unpaired) electrons. The summed E-state index contributed by atoms with van der Waals surface area (Å²) in [5.41, 5.74) is 5.37. The number of nitrogens with two attached hydrogens (primary N) is 1. The fourth-order valence-electron chi connectivity index (χ4n) is 1.45. The molecule has 2 atom stereocenters. The van der Waals surface area contributed by atoms with Gasteiger partial charge in [-0.15, -0.1) is 0 Å². The van der Waals surface area contributed by atoms with E-state index < -0.39 is 29.7 Å². The Kier molecular flexibility index (Phi) is 4.52. The smallest absolute Gasteiger partial charge is 0.320 e. The van der Waals surface area contributed by atoms with E-state index in [1.165, 1.54) is 19.1 Å². The molecule has 0 saturated carbocycles. The van der Waals surface area contributed by atoms with Crippen molar-refractivity contribution in [3.8, 4) is 0 Å². The van der Waals surface area contributed by atoms with Crippen LogP contribution in [0, 0.1) is 5.92 Å². The number of hydrogen-bond donors (Lipinski definition) is 3. The Balaban J connectivity index is 0.000000258. The van der Waals surface area contributed by atoms with E-state index in [2.05, 4.69) is 5.32 Å². The van der Waals surface area contributed by atoms with Crippen molar-refractivity contribution in [2.45, 2.75) is 13.0 Å². The summed E-state index contributed by atoms with van der Waals surface area (Å²) in [6.07, 6.45) is 4.58. The average molecular weight is 264 g/mol. The maximum atomic E-state index is 11.2. The number of fused-ring (bicyclic) bond motifs is 1. The Morgan fingerprint density at radius 1 is 1.53 bits per heavy atom. The second-order valence-electron chi connectivity index (χ2n) is 3.92. The monoisotopic (exact) mass is 264 g/mol. The van der Waals surface area contributed by atoms with Gasteiger partial charge >= 0.3 is 5.97 Å². The standard InChI is InChI=1S/C9H5NO3.C3H7NO2/c11-4-5-2-1-3-6-7(5)9(13)10-8(6)12;1-2(4)3(5)6/h1-3,7H,(H,10,12,13);2H,4H2,1H3,(H,5,6). The van der Waals surface area contributed by atoms with Gasteiger partial charge < -0.3 is 10.8 Å². The number of amides is 2. The third kappa shape index (κ3) is 3.25. The molecule has 0 aromatic rings. The van der Waals surface area contributed by atoms with Crippen LogP contribution in [0.1, 0.15) is 6.92 Å². The molecule has 19 heavy (non-hydrogen) atoms. The third-order valence-corrected chi connectivity index (χ3v) is 2.44. The lowest BCUT2D eigenvalue weighted by atomic mass is 9.90. The Bertz CT molecular complexity index is 538. The third-order valence-electron chi connectivity index (χ3n) is 2.44. The van der Waals surface area contributed by atoms with Gasteiger partial charge in [0.2, 0.25) is 5.91 Å². The molecule has 2 unspecified atom stereocenters. The summed E-state index contributed by atoms with van der Waals surface area (Å²) in [5.74, 6) is -0.921. The summed E-state index contributed by atoms with van der Waals surface area (Å²) in [7, 11) is 0. The van der Waals surface area contributed by atoms with Crippen molar-refractivity contribution in [2.24, 2.45) is 11.7 Å². The normalized spacial score (nSPS) is 21.5. The molecule has 1 saturated heterocycles. The number of aliphatic carboxylic acids is 1. The van der Waals surface area contributed by atoms with Gasteiger partial charge in [-0.3, -0.25) is 19.7 Å². The Labute approximate surface area is 108 Å². The number of carbonyl (C=O) groups is 3. The molecule has 2 rings (SSSR count). The van der Waals surface area contributed by atoms with Gasteiger partial charge in [-0.05, 0) is 13.0 Å². The maximum absolute atomic E-state index is 11.2. The Morgan fingerprint density at radius 2 is 2.11 bits per heavy atom. The van der Waals surface area contributed by atoms with E-state index in [4.69, 9.17) is 10.8 Å². The summed E-state index contributed by atoms with van der Waals surface area (Å²) >= 11 is 0. The van der Waals surface area contributed by atoms with Crippen LogP contribution in [0.2, 0.25) is 0 Å². The predicted molar refractivity (Wildman–Crippen MR) is 64.4 cm³/mol. The largest absolute Gasteiger partial charge is 0.480 e. The SMILES string of the molecule is CC(N)C(=O)O.O=C=C1C=CC=C2C(=O)NC(=O)C12. The number of rotatable bonds is 1. The van der Waals surface area contributed by atoms with E-state index in [-0.39, 0.29) is 5.57 Å². The molecule has 1 heterocycles. The van der Waals surface area contributed by atoms with Gasteiger partial charge in [0, 0.05) is 5.57 Å². The van der Waals surface area contributed by atoms with Crippen LogP contribution in [0.25, 0.3) is 0 Å². The zero-order valence-electron chi connectivity index (χ0n) is 10.0. The second-order valence-corrected chi connectivity index (χ2v) is 3.92. The quantitative estimate of drug-likeness (QED) is 0.409. The van der Waals surface area contributed by atoms with Crippen molar-refractivity contribution in [3.63, 3.8) is 0 Å². The Morgan fingerprint density at radius 3 is 2.58 bits per heavy atom. The summed E-state index contributed by atoms with van der Waals surface area (Å²) in [6.45, 7) is 1.42. The summed E-state index contributed by atoms with van der Waals surface area (Å²) in [6, 6.07) is -0.731. The molecule has 2 amide bonds. The lowest BCUT2D eigenvalue weighted by Gasteiger charge is -2.08. The molecule has 7 heteroatoms. The van der Waals surface area contributed by atoms with E-state index in [9.17, 15) is 19.2 Å². The highest BCUT2D eigenvalue weighted by Gasteiger charge is 2.39. The first-order chi connectivity index (χ1) is 8.88. The Hall–Kier alpha value is -2.50. The fourth-order valence-corrected chi connectivity index (χ4v) is 1.45. The summed E-state index contributed by atoms with van der Waals surface area (Å²) in [4.78, 5) is 42.3. The predicted octanol–water partition coefficient (Wildman–Crippen LogP) is -1.07. The zero-order chi connectivity index (χ0) is 14.6. The minimum Gasteiger partial charge on any atom is -0.480 e. The lowest BCUT2D eigenvalue weighted by Crippen LogP contribution is -2.25. The highest BCUT2D eigenvalue weighted by atomic mass is 16.4. The average Bonchev–Trinajstić information content (AvgIpc) is 2.66. The van der Waals surface area contributed by atoms with Crippen LogP contribution in [0.3, 0.4) is 0 Å². The number of carbonyl (C=O) groups excluding carboxylic acids is 3. The molecular formula is C12H12N2O5. The molecule has 0 aromatic heterocycles. The van der Waals surface area contributed by atoms with Gasteiger partial charge in [0.25, 0.3) is 5.91 Å². The first-order valence-electron chi connectivity index (χ1n) is 5.35. The number of imide groups is 1. The van der Waals surface area contributed by atoms with Crippen molar-refractivity contribution < 1.29 is 24.3 Å². The van der Waals surface area contributed by atoms with Crippen molar-refractivity contribution in [2.75, 3.05) is 0 Å². The molecule has 1 aliphatic carbocycles. The molecule has 0 spiro atoms. The molecule has 100 valence electrons. The van der Waals surface area contributed by atoms with E-state index >= 15 is 0 Å². The van der Waals surface area contributed by atoms with Gasteiger partial charge in [-0.25, -0.2) is 4.79 Å². The van der Waals surface area contributed by atoms with Crippen molar-refractivity contribution >= 4 is 23.7 Å². The topological polar surface area (TPSA) is 127 Å². The highest BCUT2D eigenvalue weighted by molar-refractivity contribution is 6.17. The van der Waals surface area contributed by atoms with Crippen LogP contribution in [0.4, 0.5) is 0 Å². The lowest BCUT2D eigenvalue weighted by molar-refractivity contribution is -0.138. The van der Waals surface area contributed by atoms with Crippen LogP contribution in [-0.4, -0.2) is 34.9 Å². The number of nitrogens with one attached hydrogen (secondary N) is 1. The molecule has 0 bridgehead atoms. The van der Waals surface area contributed by atoms with Gasteiger partial charge in [-0.1, -0.05) is 12.2 Å². The number of allylic oxidation sites excluding steroid dienone is 3. The molecular weight excluding hydrogens is 252 g/mol. The molecule has 1 aliphatic heterocycles. The van der Waals surface area contributed by atoms with Crippen LogP contribution in [0.15, 0.2) is 29.4 Å². The van der Waals surface area contributed by atoms with Crippen LogP contribution >= 0.6 is 0 Å². The summed E-state index contributed by atoms with van der Waals surface area (Å²) in [5, 5.41) is 10.0. The van der Waals surface area contributed by atoms with Crippen molar-refractivity contribution in [3.05, 3.63) is 29.4 Å². The number of carboxylic acid groups (broad SMARTS) is 1. The van der Waals surface area contributed by atoms with E-state index in [0.29, 0.717) is 5.57 Å². The number of hydrogen-bond acceptors (Lipinski definition) is 5. The first kappa shape index (κ1) is 14.6. The van der Waals surface area contributed by atoms with Crippen LogP contribution in [0.5, 0.6) is 0 Å². The highest BCUT2D eigenvalue weighted by Crippen LogP contribution is 2.28. The van der Waals surface area contributed by atoms with Gasteiger partial charge in [0.05, 0.1) is 5.57 Å². The molecule has 0 aromatic carbocycles. The van der Waals surface area contributed by atoms with Crippen molar-refractivity contribution in [1.82, 2.24) is 5.32 Å². The van der Waals surface area contributed by atoms with E-state index in [1.807, 2.05) is 0 Å². The fraction of sp³-hybridized carbons (Fsp3) is 0.250. The van der Waals surface area contributed by atoms with Crippen LogP contribution in [-0.2, 0) is 19.2 Å². The summed E-state index contributed by atoms with van der Waals surface area (Å²) < 4.78 is 0. The van der Waals surface area contributed by atoms with Gasteiger partial charge in [0.1, 0.15) is 17.9 Å². The van der Waals surface area contributed by atoms with Crippen LogP contribution < -0.4 is 11.1 Å². The van der Waals surface area contributed by atoms with E-state index in [0.717, 1.165) is 0 Å². The van der Waals surface area contributed by atoms with Gasteiger partial charge in [0.15, 0.2) is 0 Å². The van der Waals surface area contributed by atoms with Crippen molar-refractivity contribution in [1.29, 1.82) is 0 Å². The molecule has 2 aliphatic rings. The zero-order valence-corrected chi connectivity index (χ0v) is 10.0.